The Hall–Kier alpha value is -3.21. The Balaban J connectivity index is 1.61. The highest BCUT2D eigenvalue weighted by molar-refractivity contribution is 7.80. The SMILES string of the molecule is O=C(Cc1ccccc1)NC(=S)N1CCN(c2ccc(C(F)(F)F)cc2[N+](=O)[O-])CC1. The molecule has 0 spiro atoms. The van der Waals surface area contributed by atoms with E-state index in [4.69, 9.17) is 12.2 Å². The van der Waals surface area contributed by atoms with E-state index in [0.29, 0.717) is 32.2 Å². The van der Waals surface area contributed by atoms with Crippen LogP contribution in [-0.2, 0) is 17.4 Å². The number of carbonyl (C=O) groups is 1. The van der Waals surface area contributed by atoms with Gasteiger partial charge >= 0.3 is 6.18 Å². The third kappa shape index (κ3) is 5.69. The molecule has 1 aliphatic heterocycles. The molecule has 2 aromatic carbocycles. The first kappa shape index (κ1) is 22.5. The number of nitro groups is 1. The number of carbonyl (C=O) groups excluding carboxylic acids is 1. The minimum atomic E-state index is -4.66. The molecule has 2 aromatic rings. The molecule has 7 nitrogen and oxygen atoms in total. The Labute approximate surface area is 181 Å². The van der Waals surface area contributed by atoms with E-state index in [1.807, 2.05) is 30.3 Å². The van der Waals surface area contributed by atoms with Crippen LogP contribution in [0.4, 0.5) is 24.5 Å². The van der Waals surface area contributed by atoms with Gasteiger partial charge in [0, 0.05) is 32.2 Å². The summed E-state index contributed by atoms with van der Waals surface area (Å²) in [5.41, 5.74) is -0.690. The number of benzene rings is 2. The molecule has 164 valence electrons. The van der Waals surface area contributed by atoms with Gasteiger partial charge in [-0.1, -0.05) is 30.3 Å². The topological polar surface area (TPSA) is 78.7 Å². The quantitative estimate of drug-likeness (QED) is 0.435. The second-order valence-corrected chi connectivity index (χ2v) is 7.33. The summed E-state index contributed by atoms with van der Waals surface area (Å²) in [5.74, 6) is -0.253. The van der Waals surface area contributed by atoms with Gasteiger partial charge < -0.3 is 15.1 Å². The van der Waals surface area contributed by atoms with Crippen LogP contribution >= 0.6 is 12.2 Å². The fraction of sp³-hybridized carbons (Fsp3) is 0.300. The minimum absolute atomic E-state index is 0.122. The lowest BCUT2D eigenvalue weighted by Crippen LogP contribution is -2.53. The normalized spacial score (nSPS) is 14.3. The fourth-order valence-electron chi connectivity index (χ4n) is 3.29. The number of nitrogens with one attached hydrogen (secondary N) is 1. The van der Waals surface area contributed by atoms with Crippen molar-refractivity contribution >= 4 is 34.6 Å². The smallest absolute Gasteiger partial charge is 0.362 e. The van der Waals surface area contributed by atoms with Gasteiger partial charge in [0.1, 0.15) is 5.69 Å². The predicted molar refractivity (Wildman–Crippen MR) is 113 cm³/mol. The van der Waals surface area contributed by atoms with Crippen LogP contribution in [0.2, 0.25) is 0 Å². The maximum absolute atomic E-state index is 12.9. The van der Waals surface area contributed by atoms with Crippen LogP contribution in [0, 0.1) is 10.1 Å². The van der Waals surface area contributed by atoms with Crippen molar-refractivity contribution in [2.24, 2.45) is 0 Å². The summed E-state index contributed by atoms with van der Waals surface area (Å²) in [4.78, 5) is 26.1. The second kappa shape index (κ2) is 9.29. The van der Waals surface area contributed by atoms with Crippen molar-refractivity contribution in [1.82, 2.24) is 10.2 Å². The van der Waals surface area contributed by atoms with Gasteiger partial charge in [-0.2, -0.15) is 13.2 Å². The number of amides is 1. The monoisotopic (exact) mass is 452 g/mol. The summed E-state index contributed by atoms with van der Waals surface area (Å²) in [5, 5.41) is 14.2. The van der Waals surface area contributed by atoms with E-state index in [1.54, 1.807) is 9.80 Å². The van der Waals surface area contributed by atoms with Crippen LogP contribution in [0.5, 0.6) is 0 Å². The van der Waals surface area contributed by atoms with Gasteiger partial charge in [-0.15, -0.1) is 0 Å². The summed E-state index contributed by atoms with van der Waals surface area (Å²) in [6.45, 7) is 1.34. The van der Waals surface area contributed by atoms with Crippen molar-refractivity contribution in [2.45, 2.75) is 12.6 Å². The molecular weight excluding hydrogens is 433 g/mol. The predicted octanol–water partition coefficient (Wildman–Crippen LogP) is 3.38. The lowest BCUT2D eigenvalue weighted by atomic mass is 10.1. The molecule has 3 rings (SSSR count). The number of rotatable bonds is 4. The number of nitro benzene ring substituents is 1. The summed E-state index contributed by atoms with van der Waals surface area (Å²) >= 11 is 5.29. The van der Waals surface area contributed by atoms with Gasteiger partial charge in [0.15, 0.2) is 5.11 Å². The van der Waals surface area contributed by atoms with Gasteiger partial charge in [0.2, 0.25) is 5.91 Å². The number of alkyl halides is 3. The molecule has 0 aromatic heterocycles. The van der Waals surface area contributed by atoms with Crippen molar-refractivity contribution in [1.29, 1.82) is 0 Å². The van der Waals surface area contributed by atoms with Crippen LogP contribution in [-0.4, -0.2) is 47.0 Å². The first-order chi connectivity index (χ1) is 14.6. The lowest BCUT2D eigenvalue weighted by molar-refractivity contribution is -0.384. The second-order valence-electron chi connectivity index (χ2n) is 6.95. The van der Waals surface area contributed by atoms with E-state index >= 15 is 0 Å². The lowest BCUT2D eigenvalue weighted by Gasteiger charge is -2.37. The van der Waals surface area contributed by atoms with E-state index in [2.05, 4.69) is 5.32 Å². The van der Waals surface area contributed by atoms with E-state index in [9.17, 15) is 28.1 Å². The van der Waals surface area contributed by atoms with E-state index < -0.39 is 22.4 Å². The third-order valence-corrected chi connectivity index (χ3v) is 5.22. The van der Waals surface area contributed by atoms with Crippen LogP contribution in [0.3, 0.4) is 0 Å². The molecule has 31 heavy (non-hydrogen) atoms. The maximum atomic E-state index is 12.9. The molecule has 0 radical (unpaired) electrons. The summed E-state index contributed by atoms with van der Waals surface area (Å²) in [6, 6.07) is 11.7. The van der Waals surface area contributed by atoms with E-state index in [0.717, 1.165) is 17.7 Å². The molecule has 0 atom stereocenters. The summed E-state index contributed by atoms with van der Waals surface area (Å²) in [7, 11) is 0. The molecule has 1 N–H and O–H groups in total. The van der Waals surface area contributed by atoms with Crippen molar-refractivity contribution in [2.75, 3.05) is 31.1 Å². The number of anilines is 1. The summed E-state index contributed by atoms with van der Waals surface area (Å²) < 4.78 is 38.7. The number of hydrogen-bond donors (Lipinski definition) is 1. The average molecular weight is 452 g/mol. The van der Waals surface area contributed by atoms with Gasteiger partial charge in [-0.3, -0.25) is 14.9 Å². The molecule has 0 saturated carbocycles. The zero-order valence-electron chi connectivity index (χ0n) is 16.3. The van der Waals surface area contributed by atoms with Crippen LogP contribution in [0.1, 0.15) is 11.1 Å². The first-order valence-corrected chi connectivity index (χ1v) is 9.79. The molecular formula is C20H19F3N4O3S. The minimum Gasteiger partial charge on any atom is -0.362 e. The molecule has 1 amide bonds. The molecule has 1 heterocycles. The van der Waals surface area contributed by atoms with Crippen molar-refractivity contribution in [3.63, 3.8) is 0 Å². The zero-order valence-corrected chi connectivity index (χ0v) is 17.1. The number of halogens is 3. The molecule has 0 bridgehead atoms. The fourth-order valence-corrected chi connectivity index (χ4v) is 3.58. The number of thiocarbonyl (C=S) groups is 1. The molecule has 11 heteroatoms. The van der Waals surface area contributed by atoms with Crippen LogP contribution in [0.25, 0.3) is 0 Å². The Morgan fingerprint density at radius 1 is 1.10 bits per heavy atom. The Morgan fingerprint density at radius 2 is 1.74 bits per heavy atom. The number of nitrogens with zero attached hydrogens (tertiary/aromatic N) is 3. The maximum Gasteiger partial charge on any atom is 0.416 e. The van der Waals surface area contributed by atoms with E-state index in [-0.39, 0.29) is 23.1 Å². The highest BCUT2D eigenvalue weighted by atomic mass is 32.1. The highest BCUT2D eigenvalue weighted by Gasteiger charge is 2.34. The molecule has 1 fully saturated rings. The van der Waals surface area contributed by atoms with Gasteiger partial charge in [-0.05, 0) is 29.9 Å². The zero-order chi connectivity index (χ0) is 22.6. The molecule has 1 saturated heterocycles. The van der Waals surface area contributed by atoms with Gasteiger partial charge in [0.05, 0.1) is 16.9 Å². The molecule has 1 aliphatic rings. The number of hydrogen-bond acceptors (Lipinski definition) is 5. The average Bonchev–Trinajstić information content (AvgIpc) is 2.73. The third-order valence-electron chi connectivity index (χ3n) is 4.86. The van der Waals surface area contributed by atoms with E-state index in [1.165, 1.54) is 0 Å². The van der Waals surface area contributed by atoms with Crippen LogP contribution in [0.15, 0.2) is 48.5 Å². The largest absolute Gasteiger partial charge is 0.416 e. The Morgan fingerprint density at radius 3 is 2.32 bits per heavy atom. The van der Waals surface area contributed by atoms with Gasteiger partial charge in [-0.25, -0.2) is 0 Å². The van der Waals surface area contributed by atoms with Crippen LogP contribution < -0.4 is 10.2 Å². The Bertz CT molecular complexity index is 977. The van der Waals surface area contributed by atoms with Crippen molar-refractivity contribution < 1.29 is 22.9 Å². The summed E-state index contributed by atoms with van der Waals surface area (Å²) in [6.07, 6.45) is -4.48. The standard InChI is InChI=1S/C20H19F3N4O3S/c21-20(22,23)15-6-7-16(17(13-15)27(29)30)25-8-10-26(11-9-25)19(31)24-18(28)12-14-4-2-1-3-5-14/h1-7,13H,8-12H2,(H,24,28,31). The van der Waals surface area contributed by atoms with Crippen molar-refractivity contribution in [3.8, 4) is 0 Å². The number of piperazine rings is 1. The van der Waals surface area contributed by atoms with Crippen molar-refractivity contribution in [3.05, 3.63) is 69.8 Å². The Kier molecular flexibility index (Phi) is 6.74. The van der Waals surface area contributed by atoms with Gasteiger partial charge in [0.25, 0.3) is 5.69 Å². The highest BCUT2D eigenvalue weighted by Crippen LogP contribution is 2.36. The molecule has 0 unspecified atom stereocenters. The first-order valence-electron chi connectivity index (χ1n) is 9.38. The molecule has 0 aliphatic carbocycles.